The highest BCUT2D eigenvalue weighted by Gasteiger charge is 2.17. The Kier molecular flexibility index (Phi) is 4.88. The van der Waals surface area contributed by atoms with Gasteiger partial charge in [0, 0.05) is 17.7 Å². The zero-order chi connectivity index (χ0) is 18.8. The second-order valence-electron chi connectivity index (χ2n) is 6.77. The number of nitriles is 1. The average Bonchev–Trinajstić information content (AvgIpc) is 3.17. The summed E-state index contributed by atoms with van der Waals surface area (Å²) in [6.45, 7) is 5.78. The smallest absolute Gasteiger partial charge is 0.148 e. The Morgan fingerprint density at radius 2 is 2.04 bits per heavy atom. The van der Waals surface area contributed by atoms with Gasteiger partial charge >= 0.3 is 0 Å². The molecular formula is C21H20N4OS. The summed E-state index contributed by atoms with van der Waals surface area (Å²) in [5, 5.41) is 23.4. The van der Waals surface area contributed by atoms with Gasteiger partial charge in [-0.3, -0.25) is 0 Å². The molecule has 0 bridgehead atoms. The van der Waals surface area contributed by atoms with E-state index in [4.69, 9.17) is 4.74 Å². The Hall–Kier alpha value is -2.75. The Balaban J connectivity index is 1.69. The highest BCUT2D eigenvalue weighted by molar-refractivity contribution is 7.17. The van der Waals surface area contributed by atoms with E-state index in [0.717, 1.165) is 40.7 Å². The predicted molar refractivity (Wildman–Crippen MR) is 107 cm³/mol. The van der Waals surface area contributed by atoms with Crippen LogP contribution >= 0.6 is 11.3 Å². The van der Waals surface area contributed by atoms with E-state index in [1.807, 2.05) is 32.0 Å². The maximum atomic E-state index is 9.45. The van der Waals surface area contributed by atoms with Gasteiger partial charge in [0.25, 0.3) is 0 Å². The summed E-state index contributed by atoms with van der Waals surface area (Å²) in [4.78, 5) is 0. The van der Waals surface area contributed by atoms with Crippen molar-refractivity contribution in [1.29, 1.82) is 5.26 Å². The molecule has 1 aromatic heterocycles. The van der Waals surface area contributed by atoms with Crippen molar-refractivity contribution in [3.05, 3.63) is 53.1 Å². The quantitative estimate of drug-likeness (QED) is 0.740. The minimum absolute atomic E-state index is 0.0230. The molecule has 2 heterocycles. The molecule has 2 aromatic carbocycles. The Bertz CT molecular complexity index is 1020. The van der Waals surface area contributed by atoms with Crippen LogP contribution in [0.4, 0.5) is 0 Å². The third-order valence-corrected chi connectivity index (χ3v) is 5.51. The third-order valence-electron chi connectivity index (χ3n) is 4.51. The number of ether oxygens (including phenoxy) is 1. The molecule has 0 unspecified atom stereocenters. The second kappa shape index (κ2) is 7.47. The highest BCUT2D eigenvalue weighted by Crippen LogP contribution is 2.35. The fourth-order valence-electron chi connectivity index (χ4n) is 3.29. The van der Waals surface area contributed by atoms with Crippen molar-refractivity contribution in [2.75, 3.05) is 6.54 Å². The van der Waals surface area contributed by atoms with Gasteiger partial charge in [0.05, 0.1) is 11.7 Å². The molecule has 0 saturated carbocycles. The van der Waals surface area contributed by atoms with Gasteiger partial charge in [-0.05, 0) is 56.1 Å². The van der Waals surface area contributed by atoms with E-state index < -0.39 is 0 Å². The largest absolute Gasteiger partial charge is 0.490 e. The molecule has 5 nitrogen and oxygen atoms in total. The van der Waals surface area contributed by atoms with Crippen molar-refractivity contribution in [1.82, 2.24) is 15.5 Å². The second-order valence-corrected chi connectivity index (χ2v) is 7.75. The lowest BCUT2D eigenvalue weighted by atomic mass is 9.96. The zero-order valence-corrected chi connectivity index (χ0v) is 16.1. The van der Waals surface area contributed by atoms with Crippen LogP contribution in [0.15, 0.2) is 36.4 Å². The monoisotopic (exact) mass is 376 g/mol. The molecule has 0 amide bonds. The number of aromatic nitrogens is 2. The summed E-state index contributed by atoms with van der Waals surface area (Å²) < 4.78 is 5.70. The van der Waals surface area contributed by atoms with E-state index in [2.05, 4.69) is 39.8 Å². The van der Waals surface area contributed by atoms with Crippen LogP contribution in [-0.2, 0) is 13.0 Å². The minimum atomic E-state index is 0.0230. The van der Waals surface area contributed by atoms with Gasteiger partial charge in [-0.1, -0.05) is 29.5 Å². The number of rotatable bonds is 4. The molecule has 0 saturated heterocycles. The summed E-state index contributed by atoms with van der Waals surface area (Å²) in [5.41, 5.74) is 5.26. The normalized spacial score (nSPS) is 13.3. The van der Waals surface area contributed by atoms with E-state index in [0.29, 0.717) is 11.3 Å². The Morgan fingerprint density at radius 3 is 2.85 bits per heavy atom. The number of nitrogens with one attached hydrogen (secondary N) is 1. The highest BCUT2D eigenvalue weighted by atomic mass is 32.1. The van der Waals surface area contributed by atoms with Gasteiger partial charge in [-0.25, -0.2) is 0 Å². The standard InChI is InChI=1S/C21H20N4OS/c1-13(2)26-19-7-6-14(10-16(19)11-22)20-24-25-21(27-20)18-5-3-4-15-12-23-9-8-17(15)18/h3-7,10,13,23H,8-9,12H2,1-2H3. The van der Waals surface area contributed by atoms with Gasteiger partial charge in [0.2, 0.25) is 0 Å². The van der Waals surface area contributed by atoms with Crippen molar-refractivity contribution in [3.63, 3.8) is 0 Å². The summed E-state index contributed by atoms with van der Waals surface area (Å²) in [5.74, 6) is 0.602. The van der Waals surface area contributed by atoms with Gasteiger partial charge < -0.3 is 10.1 Å². The molecule has 6 heteroatoms. The Labute approximate surface area is 162 Å². The fourth-order valence-corrected chi connectivity index (χ4v) is 4.18. The number of nitrogens with zero attached hydrogens (tertiary/aromatic N) is 3. The summed E-state index contributed by atoms with van der Waals surface area (Å²) in [7, 11) is 0. The molecule has 136 valence electrons. The zero-order valence-electron chi connectivity index (χ0n) is 15.3. The van der Waals surface area contributed by atoms with Crippen LogP contribution in [0.5, 0.6) is 5.75 Å². The first-order valence-electron chi connectivity index (χ1n) is 9.02. The first kappa shape index (κ1) is 17.7. The van der Waals surface area contributed by atoms with Crippen molar-refractivity contribution in [2.24, 2.45) is 0 Å². The first-order valence-corrected chi connectivity index (χ1v) is 9.84. The van der Waals surface area contributed by atoms with Gasteiger partial charge in [-0.2, -0.15) is 5.26 Å². The number of hydrogen-bond donors (Lipinski definition) is 1. The topological polar surface area (TPSA) is 70.8 Å². The van der Waals surface area contributed by atoms with E-state index >= 15 is 0 Å². The molecule has 3 aromatic rings. The first-order chi connectivity index (χ1) is 13.2. The van der Waals surface area contributed by atoms with Crippen molar-refractivity contribution in [3.8, 4) is 33.0 Å². The number of hydrogen-bond acceptors (Lipinski definition) is 6. The molecule has 0 radical (unpaired) electrons. The molecule has 27 heavy (non-hydrogen) atoms. The van der Waals surface area contributed by atoms with Gasteiger partial charge in [0.1, 0.15) is 21.8 Å². The molecule has 1 N–H and O–H groups in total. The SMILES string of the molecule is CC(C)Oc1ccc(-c2nnc(-c3cccc4c3CCNC4)s2)cc1C#N. The third kappa shape index (κ3) is 3.57. The number of benzene rings is 2. The molecule has 0 atom stereocenters. The van der Waals surface area contributed by atoms with Gasteiger partial charge in [-0.15, -0.1) is 10.2 Å². The maximum Gasteiger partial charge on any atom is 0.148 e. The predicted octanol–water partition coefficient (Wildman–Crippen LogP) is 4.18. The summed E-state index contributed by atoms with van der Waals surface area (Å²) >= 11 is 1.56. The maximum absolute atomic E-state index is 9.45. The van der Waals surface area contributed by atoms with Crippen LogP contribution in [0.3, 0.4) is 0 Å². The van der Waals surface area contributed by atoms with Crippen LogP contribution in [0.2, 0.25) is 0 Å². The van der Waals surface area contributed by atoms with E-state index in [-0.39, 0.29) is 6.10 Å². The lowest BCUT2D eigenvalue weighted by Crippen LogP contribution is -2.23. The molecule has 0 fully saturated rings. The summed E-state index contributed by atoms with van der Waals surface area (Å²) in [6, 6.07) is 14.2. The van der Waals surface area contributed by atoms with E-state index in [1.165, 1.54) is 11.1 Å². The Morgan fingerprint density at radius 1 is 1.19 bits per heavy atom. The molecular weight excluding hydrogens is 356 g/mol. The molecule has 1 aliphatic heterocycles. The van der Waals surface area contributed by atoms with Crippen molar-refractivity contribution in [2.45, 2.75) is 32.9 Å². The van der Waals surface area contributed by atoms with Crippen molar-refractivity contribution < 1.29 is 4.74 Å². The van der Waals surface area contributed by atoms with Crippen molar-refractivity contribution >= 4 is 11.3 Å². The van der Waals surface area contributed by atoms with Crippen LogP contribution in [0, 0.1) is 11.3 Å². The minimum Gasteiger partial charge on any atom is -0.490 e. The van der Waals surface area contributed by atoms with E-state index in [9.17, 15) is 5.26 Å². The van der Waals surface area contributed by atoms with Crippen LogP contribution in [0.25, 0.3) is 21.1 Å². The van der Waals surface area contributed by atoms with E-state index in [1.54, 1.807) is 11.3 Å². The molecule has 4 rings (SSSR count). The van der Waals surface area contributed by atoms with Crippen LogP contribution in [-0.4, -0.2) is 22.8 Å². The molecule has 0 spiro atoms. The number of fused-ring (bicyclic) bond motifs is 1. The van der Waals surface area contributed by atoms with Gasteiger partial charge in [0.15, 0.2) is 0 Å². The molecule has 1 aliphatic rings. The summed E-state index contributed by atoms with van der Waals surface area (Å²) in [6.07, 6.45) is 1.02. The molecule has 0 aliphatic carbocycles. The fraction of sp³-hybridized carbons (Fsp3) is 0.286. The lowest BCUT2D eigenvalue weighted by Gasteiger charge is -2.19. The van der Waals surface area contributed by atoms with Crippen LogP contribution < -0.4 is 10.1 Å². The lowest BCUT2D eigenvalue weighted by molar-refractivity contribution is 0.242. The average molecular weight is 376 g/mol. The van der Waals surface area contributed by atoms with Crippen LogP contribution in [0.1, 0.15) is 30.5 Å².